The van der Waals surface area contributed by atoms with Gasteiger partial charge in [0.1, 0.15) is 19.2 Å². The molecule has 0 aliphatic rings. The number of carbonyl (C=O) groups excluding carboxylic acids is 3. The molecule has 5 N–H and O–H groups in total. The minimum Gasteiger partial charge on any atom is -0.445 e. The summed E-state index contributed by atoms with van der Waals surface area (Å²) in [6, 6.07) is 7.63. The molecule has 0 bridgehead atoms. The lowest BCUT2D eigenvalue weighted by Crippen LogP contribution is -2.59. The number of hydrogen-bond acceptors (Lipinski definition) is 7. The Bertz CT molecular complexity index is 860. The third-order valence-corrected chi connectivity index (χ3v) is 5.34. The molecular formula is C19H29N3O8S. The van der Waals surface area contributed by atoms with E-state index in [4.69, 9.17) is 4.74 Å². The molecule has 0 radical (unpaired) electrons. The summed E-state index contributed by atoms with van der Waals surface area (Å²) in [4.78, 5) is 35.8. The van der Waals surface area contributed by atoms with E-state index in [-0.39, 0.29) is 18.9 Å². The van der Waals surface area contributed by atoms with Gasteiger partial charge in [0.25, 0.3) is 5.06 Å². The lowest BCUT2D eigenvalue weighted by atomic mass is 10.1. The predicted octanol–water partition coefficient (Wildman–Crippen LogP) is 0.504. The van der Waals surface area contributed by atoms with E-state index in [1.54, 1.807) is 38.1 Å². The number of carbonyl (C=O) groups is 3. The minimum absolute atomic E-state index is 0.00461. The van der Waals surface area contributed by atoms with E-state index in [0.29, 0.717) is 0 Å². The quantitative estimate of drug-likeness (QED) is 0.235. The molecule has 174 valence electrons. The van der Waals surface area contributed by atoms with Crippen LogP contribution in [-0.2, 0) is 31.1 Å². The van der Waals surface area contributed by atoms with Gasteiger partial charge in [-0.1, -0.05) is 44.2 Å². The van der Waals surface area contributed by atoms with Gasteiger partial charge in [-0.25, -0.2) is 4.79 Å². The van der Waals surface area contributed by atoms with Crippen LogP contribution in [0.4, 0.5) is 4.79 Å². The van der Waals surface area contributed by atoms with Crippen molar-refractivity contribution in [2.45, 2.75) is 51.3 Å². The number of rotatable bonds is 11. The fraction of sp³-hybridized carbons (Fsp3) is 0.526. The average molecular weight is 460 g/mol. The molecule has 0 fully saturated rings. The number of amides is 3. The number of alkyl carbamates (subject to hydrolysis) is 1. The van der Waals surface area contributed by atoms with Crippen molar-refractivity contribution >= 4 is 28.0 Å². The molecule has 0 heterocycles. The van der Waals surface area contributed by atoms with Gasteiger partial charge in [-0.2, -0.15) is 8.42 Å². The number of nitrogens with one attached hydrogen (secondary N) is 3. The molecule has 1 unspecified atom stereocenters. The second-order valence-electron chi connectivity index (χ2n) is 7.39. The van der Waals surface area contributed by atoms with Crippen molar-refractivity contribution in [3.63, 3.8) is 0 Å². The lowest BCUT2D eigenvalue weighted by molar-refractivity contribution is -0.131. The number of ether oxygens (including phenoxy) is 1. The SMILES string of the molecule is CC(C)CCC(O)(NC(=O)[C@H](C)NC(=O)CNC(=O)OCc1ccccc1)S(=O)(=O)O. The fourth-order valence-electron chi connectivity index (χ4n) is 2.33. The molecule has 0 saturated carbocycles. The van der Waals surface area contributed by atoms with Gasteiger partial charge < -0.3 is 25.8 Å². The fourth-order valence-corrected chi connectivity index (χ4v) is 2.93. The summed E-state index contributed by atoms with van der Waals surface area (Å²) in [5, 5.41) is 13.6. The Balaban J connectivity index is 2.51. The topological polar surface area (TPSA) is 171 Å². The van der Waals surface area contributed by atoms with Gasteiger partial charge in [0.15, 0.2) is 0 Å². The molecule has 1 rings (SSSR count). The Kier molecular flexibility index (Phi) is 9.88. The highest BCUT2D eigenvalue weighted by atomic mass is 32.2. The molecule has 2 atom stereocenters. The highest BCUT2D eigenvalue weighted by Crippen LogP contribution is 2.19. The molecule has 31 heavy (non-hydrogen) atoms. The predicted molar refractivity (Wildman–Crippen MR) is 111 cm³/mol. The number of benzene rings is 1. The summed E-state index contributed by atoms with van der Waals surface area (Å²) in [5.41, 5.74) is 0.760. The van der Waals surface area contributed by atoms with E-state index in [1.165, 1.54) is 6.92 Å². The first-order valence-electron chi connectivity index (χ1n) is 9.59. The maximum absolute atomic E-state index is 12.2. The zero-order valence-corrected chi connectivity index (χ0v) is 18.4. The third-order valence-electron chi connectivity index (χ3n) is 4.18. The van der Waals surface area contributed by atoms with Crippen LogP contribution in [0, 0.1) is 5.92 Å². The Labute approximate surface area is 181 Å². The first kappa shape index (κ1) is 26.3. The summed E-state index contributed by atoms with van der Waals surface area (Å²) in [5.74, 6) is -1.80. The Morgan fingerprint density at radius 1 is 1.13 bits per heavy atom. The number of aliphatic hydroxyl groups is 1. The van der Waals surface area contributed by atoms with E-state index in [2.05, 4.69) is 10.6 Å². The van der Waals surface area contributed by atoms with Crippen LogP contribution in [0.3, 0.4) is 0 Å². The number of hydrogen-bond donors (Lipinski definition) is 5. The summed E-state index contributed by atoms with van der Waals surface area (Å²) in [6.45, 7) is 4.30. The molecule has 1 aromatic carbocycles. The van der Waals surface area contributed by atoms with Crippen LogP contribution in [0.15, 0.2) is 30.3 Å². The third kappa shape index (κ3) is 9.32. The zero-order chi connectivity index (χ0) is 23.7. The van der Waals surface area contributed by atoms with Crippen LogP contribution >= 0.6 is 0 Å². The van der Waals surface area contributed by atoms with Gasteiger partial charge in [-0.05, 0) is 24.8 Å². The van der Waals surface area contributed by atoms with Crippen molar-refractivity contribution in [1.29, 1.82) is 0 Å². The van der Waals surface area contributed by atoms with E-state index in [1.807, 2.05) is 11.4 Å². The maximum atomic E-state index is 12.2. The molecule has 0 aliphatic carbocycles. The average Bonchev–Trinajstić information content (AvgIpc) is 2.69. The van der Waals surface area contributed by atoms with E-state index in [9.17, 15) is 32.5 Å². The first-order chi connectivity index (χ1) is 14.3. The van der Waals surface area contributed by atoms with Crippen LogP contribution in [-0.4, -0.2) is 53.6 Å². The lowest BCUT2D eigenvalue weighted by Gasteiger charge is -2.28. The molecule has 12 heteroatoms. The monoisotopic (exact) mass is 459 g/mol. The Morgan fingerprint density at radius 2 is 1.74 bits per heavy atom. The van der Waals surface area contributed by atoms with Gasteiger partial charge in [0.2, 0.25) is 11.8 Å². The van der Waals surface area contributed by atoms with Crippen molar-refractivity contribution in [1.82, 2.24) is 16.0 Å². The minimum atomic E-state index is -5.03. The Morgan fingerprint density at radius 3 is 2.29 bits per heavy atom. The van der Waals surface area contributed by atoms with E-state index < -0.39 is 52.1 Å². The summed E-state index contributed by atoms with van der Waals surface area (Å²) >= 11 is 0. The summed E-state index contributed by atoms with van der Waals surface area (Å²) < 4.78 is 37.3. The van der Waals surface area contributed by atoms with Gasteiger partial charge in [0, 0.05) is 6.42 Å². The van der Waals surface area contributed by atoms with Crippen molar-refractivity contribution in [2.24, 2.45) is 5.92 Å². The molecule has 1 aromatic rings. The highest BCUT2D eigenvalue weighted by molar-refractivity contribution is 7.87. The second kappa shape index (κ2) is 11.6. The second-order valence-corrected chi connectivity index (χ2v) is 9.01. The normalized spacial score (nSPS) is 14.3. The largest absolute Gasteiger partial charge is 0.445 e. The van der Waals surface area contributed by atoms with Gasteiger partial charge in [-0.15, -0.1) is 0 Å². The van der Waals surface area contributed by atoms with Crippen molar-refractivity contribution < 1.29 is 37.2 Å². The van der Waals surface area contributed by atoms with Gasteiger partial charge in [0.05, 0.1) is 0 Å². The van der Waals surface area contributed by atoms with Crippen molar-refractivity contribution in [3.05, 3.63) is 35.9 Å². The molecule has 0 aliphatic heterocycles. The molecule has 0 spiro atoms. The maximum Gasteiger partial charge on any atom is 0.407 e. The van der Waals surface area contributed by atoms with Crippen LogP contribution in [0.5, 0.6) is 0 Å². The van der Waals surface area contributed by atoms with Gasteiger partial charge in [-0.3, -0.25) is 14.1 Å². The van der Waals surface area contributed by atoms with Crippen LogP contribution < -0.4 is 16.0 Å². The van der Waals surface area contributed by atoms with Crippen LogP contribution in [0.2, 0.25) is 0 Å². The van der Waals surface area contributed by atoms with Crippen LogP contribution in [0.25, 0.3) is 0 Å². The van der Waals surface area contributed by atoms with Crippen molar-refractivity contribution in [3.8, 4) is 0 Å². The Hall–Kier alpha value is -2.70. The molecule has 11 nitrogen and oxygen atoms in total. The highest BCUT2D eigenvalue weighted by Gasteiger charge is 2.43. The summed E-state index contributed by atoms with van der Waals surface area (Å²) in [7, 11) is -5.03. The van der Waals surface area contributed by atoms with E-state index in [0.717, 1.165) is 5.56 Å². The molecule has 0 saturated heterocycles. The molecular weight excluding hydrogens is 430 g/mol. The first-order valence-corrected chi connectivity index (χ1v) is 11.0. The molecule has 3 amide bonds. The van der Waals surface area contributed by atoms with Crippen LogP contribution in [0.1, 0.15) is 39.2 Å². The summed E-state index contributed by atoms with van der Waals surface area (Å²) in [6.07, 6.45) is -1.08. The standard InChI is InChI=1S/C19H29N3O8S/c1-13(2)9-10-19(26,31(27,28)29)22-17(24)14(3)21-16(23)11-20-18(25)30-12-15-7-5-4-6-8-15/h4-8,13-14,26H,9-12H2,1-3H3,(H,20,25)(H,21,23)(H,22,24)(H,27,28,29)/t14-,19?/m0/s1. The zero-order valence-electron chi connectivity index (χ0n) is 17.6. The van der Waals surface area contributed by atoms with E-state index >= 15 is 0 Å². The molecule has 0 aromatic heterocycles. The smallest absolute Gasteiger partial charge is 0.407 e. The van der Waals surface area contributed by atoms with Gasteiger partial charge >= 0.3 is 16.2 Å². The van der Waals surface area contributed by atoms with Crippen molar-refractivity contribution in [2.75, 3.05) is 6.54 Å².